The minimum absolute atomic E-state index is 0.00808. The largest absolute Gasteiger partial charge is 0.392 e. The van der Waals surface area contributed by atoms with E-state index >= 15 is 0 Å². The van der Waals surface area contributed by atoms with E-state index < -0.39 is 17.7 Å². The Bertz CT molecular complexity index is 431. The molecule has 1 aliphatic carbocycles. The first kappa shape index (κ1) is 13.5. The molecule has 1 aromatic rings. The number of hydrogen-bond donors (Lipinski definition) is 1. The zero-order valence-corrected chi connectivity index (χ0v) is 11.3. The van der Waals surface area contributed by atoms with Gasteiger partial charge in [-0.3, -0.25) is 0 Å². The Balaban J connectivity index is 2.17. The highest BCUT2D eigenvalue weighted by atomic mass is 19.1. The molecule has 1 N–H and O–H groups in total. The molecule has 18 heavy (non-hydrogen) atoms. The second-order valence-corrected chi connectivity index (χ2v) is 6.39. The molecule has 0 heterocycles. The second kappa shape index (κ2) is 4.02. The summed E-state index contributed by atoms with van der Waals surface area (Å²) >= 11 is 0. The quantitative estimate of drug-likeness (QED) is 0.874. The van der Waals surface area contributed by atoms with Crippen molar-refractivity contribution in [2.45, 2.75) is 40.2 Å². The Morgan fingerprint density at radius 3 is 1.94 bits per heavy atom. The number of benzene rings is 1. The highest BCUT2D eigenvalue weighted by Gasteiger charge is 2.66. The molecule has 1 aromatic carbocycles. The van der Waals surface area contributed by atoms with E-state index in [1.165, 1.54) is 18.2 Å². The fourth-order valence-corrected chi connectivity index (χ4v) is 3.26. The van der Waals surface area contributed by atoms with Gasteiger partial charge in [0.15, 0.2) is 0 Å². The molecule has 2 rings (SSSR count). The van der Waals surface area contributed by atoms with Gasteiger partial charge < -0.3 is 5.11 Å². The van der Waals surface area contributed by atoms with Gasteiger partial charge in [-0.05, 0) is 28.9 Å². The maximum Gasteiger partial charge on any atom is 0.129 e. The Labute approximate surface area is 107 Å². The van der Waals surface area contributed by atoms with Gasteiger partial charge in [0.05, 0.1) is 6.10 Å². The van der Waals surface area contributed by atoms with Crippen LogP contribution in [-0.4, -0.2) is 11.2 Å². The van der Waals surface area contributed by atoms with Crippen LogP contribution in [0.25, 0.3) is 0 Å². The Morgan fingerprint density at radius 2 is 1.56 bits per heavy atom. The van der Waals surface area contributed by atoms with E-state index in [2.05, 4.69) is 27.7 Å². The topological polar surface area (TPSA) is 20.2 Å². The van der Waals surface area contributed by atoms with Crippen molar-refractivity contribution in [3.63, 3.8) is 0 Å². The SMILES string of the molecule is CC1(C)C(C(O)Cc2c(F)cccc2F)C1(C)C. The maximum atomic E-state index is 13.5. The van der Waals surface area contributed by atoms with Gasteiger partial charge in [0.25, 0.3) is 0 Å². The minimum atomic E-state index is -0.707. The van der Waals surface area contributed by atoms with Crippen molar-refractivity contribution in [3.8, 4) is 0 Å². The first-order valence-corrected chi connectivity index (χ1v) is 6.30. The molecular weight excluding hydrogens is 234 g/mol. The van der Waals surface area contributed by atoms with Crippen LogP contribution in [0.15, 0.2) is 18.2 Å². The predicted octanol–water partition coefficient (Wildman–Crippen LogP) is 3.55. The summed E-state index contributed by atoms with van der Waals surface area (Å²) in [6.07, 6.45) is -0.669. The van der Waals surface area contributed by atoms with Gasteiger partial charge in [-0.2, -0.15) is 0 Å². The molecule has 0 amide bonds. The van der Waals surface area contributed by atoms with E-state index in [9.17, 15) is 13.9 Å². The molecule has 0 aliphatic heterocycles. The molecule has 1 aliphatic rings. The van der Waals surface area contributed by atoms with Crippen LogP contribution in [-0.2, 0) is 6.42 Å². The fraction of sp³-hybridized carbons (Fsp3) is 0.600. The molecule has 1 atom stereocenters. The van der Waals surface area contributed by atoms with Crippen molar-refractivity contribution in [3.05, 3.63) is 35.4 Å². The summed E-state index contributed by atoms with van der Waals surface area (Å²) in [4.78, 5) is 0. The second-order valence-electron chi connectivity index (χ2n) is 6.39. The lowest BCUT2D eigenvalue weighted by Crippen LogP contribution is -2.19. The molecule has 0 saturated heterocycles. The van der Waals surface area contributed by atoms with E-state index in [1.54, 1.807) is 0 Å². The molecule has 0 bridgehead atoms. The van der Waals surface area contributed by atoms with Crippen LogP contribution in [0, 0.1) is 28.4 Å². The van der Waals surface area contributed by atoms with Crippen molar-refractivity contribution >= 4 is 0 Å². The van der Waals surface area contributed by atoms with E-state index in [-0.39, 0.29) is 28.7 Å². The van der Waals surface area contributed by atoms with Crippen molar-refractivity contribution < 1.29 is 13.9 Å². The van der Waals surface area contributed by atoms with Crippen LogP contribution in [0.2, 0.25) is 0 Å². The van der Waals surface area contributed by atoms with Crippen LogP contribution < -0.4 is 0 Å². The lowest BCUT2D eigenvalue weighted by Gasteiger charge is -2.14. The van der Waals surface area contributed by atoms with E-state index in [0.717, 1.165) is 0 Å². The molecule has 1 nitrogen and oxygen atoms in total. The molecule has 1 unspecified atom stereocenters. The number of aliphatic hydroxyl groups excluding tert-OH is 1. The van der Waals surface area contributed by atoms with E-state index in [1.807, 2.05) is 0 Å². The van der Waals surface area contributed by atoms with Gasteiger partial charge in [0.1, 0.15) is 11.6 Å². The molecule has 1 saturated carbocycles. The van der Waals surface area contributed by atoms with Crippen LogP contribution in [0.5, 0.6) is 0 Å². The van der Waals surface area contributed by atoms with Crippen molar-refractivity contribution in [2.24, 2.45) is 16.7 Å². The van der Waals surface area contributed by atoms with E-state index in [0.29, 0.717) is 0 Å². The smallest absolute Gasteiger partial charge is 0.129 e. The van der Waals surface area contributed by atoms with Crippen LogP contribution >= 0.6 is 0 Å². The molecule has 0 radical (unpaired) electrons. The Morgan fingerprint density at radius 1 is 1.11 bits per heavy atom. The lowest BCUT2D eigenvalue weighted by molar-refractivity contribution is 0.127. The summed E-state index contributed by atoms with van der Waals surface area (Å²) in [7, 11) is 0. The lowest BCUT2D eigenvalue weighted by atomic mass is 9.99. The van der Waals surface area contributed by atoms with Crippen molar-refractivity contribution in [1.29, 1.82) is 0 Å². The normalized spacial score (nSPS) is 22.8. The van der Waals surface area contributed by atoms with Gasteiger partial charge in [-0.1, -0.05) is 33.8 Å². The van der Waals surface area contributed by atoms with Crippen LogP contribution in [0.4, 0.5) is 8.78 Å². The minimum Gasteiger partial charge on any atom is -0.392 e. The first-order chi connectivity index (χ1) is 8.19. The summed E-state index contributed by atoms with van der Waals surface area (Å²) in [6.45, 7) is 8.33. The molecule has 0 spiro atoms. The average Bonchev–Trinajstić information content (AvgIpc) is 2.63. The van der Waals surface area contributed by atoms with E-state index in [4.69, 9.17) is 0 Å². The average molecular weight is 254 g/mol. The van der Waals surface area contributed by atoms with Crippen molar-refractivity contribution in [2.75, 3.05) is 0 Å². The molecule has 3 heteroatoms. The monoisotopic (exact) mass is 254 g/mol. The van der Waals surface area contributed by atoms with Gasteiger partial charge >= 0.3 is 0 Å². The van der Waals surface area contributed by atoms with Crippen molar-refractivity contribution in [1.82, 2.24) is 0 Å². The summed E-state index contributed by atoms with van der Waals surface area (Å²) in [5, 5.41) is 10.2. The summed E-state index contributed by atoms with van der Waals surface area (Å²) < 4.78 is 27.1. The number of rotatable bonds is 3. The third kappa shape index (κ3) is 1.85. The zero-order valence-electron chi connectivity index (χ0n) is 11.3. The maximum absolute atomic E-state index is 13.5. The Hall–Kier alpha value is -0.960. The fourth-order valence-electron chi connectivity index (χ4n) is 3.26. The van der Waals surface area contributed by atoms with Gasteiger partial charge in [-0.25, -0.2) is 8.78 Å². The summed E-state index contributed by atoms with van der Waals surface area (Å²) in [5.41, 5.74) is 0.00552. The van der Waals surface area contributed by atoms with Gasteiger partial charge in [-0.15, -0.1) is 0 Å². The Kier molecular flexibility index (Phi) is 3.01. The highest BCUT2D eigenvalue weighted by Crippen LogP contribution is 2.69. The molecule has 0 aromatic heterocycles. The summed E-state index contributed by atoms with van der Waals surface area (Å²) in [5.74, 6) is -1.08. The predicted molar refractivity (Wildman–Crippen MR) is 67.1 cm³/mol. The highest BCUT2D eigenvalue weighted by molar-refractivity contribution is 5.23. The summed E-state index contributed by atoms with van der Waals surface area (Å²) in [6, 6.07) is 3.80. The van der Waals surface area contributed by atoms with Crippen LogP contribution in [0.1, 0.15) is 33.3 Å². The van der Waals surface area contributed by atoms with Gasteiger partial charge in [0.2, 0.25) is 0 Å². The molecule has 100 valence electrons. The molecule has 1 fully saturated rings. The number of halogens is 2. The zero-order chi connectivity index (χ0) is 13.7. The molecular formula is C15H20F2O. The standard InChI is InChI=1S/C15H20F2O/c1-14(2)13(15(14,3)4)12(18)8-9-10(16)6-5-7-11(9)17/h5-7,12-13,18H,8H2,1-4H3. The third-order valence-corrected chi connectivity index (χ3v) is 4.99. The van der Waals surface area contributed by atoms with Gasteiger partial charge in [0, 0.05) is 12.0 Å². The number of aliphatic hydroxyl groups is 1. The van der Waals surface area contributed by atoms with Crippen LogP contribution in [0.3, 0.4) is 0 Å². The third-order valence-electron chi connectivity index (χ3n) is 4.99. The number of hydrogen-bond acceptors (Lipinski definition) is 1. The first-order valence-electron chi connectivity index (χ1n) is 6.30.